The second-order valence-corrected chi connectivity index (χ2v) is 9.05. The van der Waals surface area contributed by atoms with Crippen LogP contribution in [0, 0.1) is 13.8 Å². The number of hydrogen-bond acceptors (Lipinski definition) is 4. The minimum Gasteiger partial charge on any atom is -0.385 e. The van der Waals surface area contributed by atoms with Gasteiger partial charge < -0.3 is 9.64 Å². The Labute approximate surface area is 212 Å². The van der Waals surface area contributed by atoms with Gasteiger partial charge in [-0.05, 0) is 62.6 Å². The van der Waals surface area contributed by atoms with Crippen molar-refractivity contribution in [3.63, 3.8) is 0 Å². The zero-order valence-electron chi connectivity index (χ0n) is 21.4. The van der Waals surface area contributed by atoms with Gasteiger partial charge in [-0.1, -0.05) is 55.0 Å². The second-order valence-electron chi connectivity index (χ2n) is 9.05. The highest BCUT2D eigenvalue weighted by atomic mass is 16.5. The van der Waals surface area contributed by atoms with Crippen LogP contribution in [0.2, 0.25) is 0 Å². The van der Waals surface area contributed by atoms with Crippen molar-refractivity contribution in [2.45, 2.75) is 39.7 Å². The Bertz CT molecular complexity index is 1410. The molecule has 6 heteroatoms. The normalized spacial score (nSPS) is 12.0. The molecule has 1 atom stereocenters. The number of hydrogen-bond donors (Lipinski definition) is 0. The summed E-state index contributed by atoms with van der Waals surface area (Å²) in [6.07, 6.45) is 1.27. The molecule has 0 spiro atoms. The average molecular weight is 484 g/mol. The van der Waals surface area contributed by atoms with Crippen molar-refractivity contribution in [1.29, 1.82) is 0 Å². The number of carbonyl (C=O) groups excluding carboxylic acids is 1. The fourth-order valence-corrected chi connectivity index (χ4v) is 4.60. The number of nitrogens with zero attached hydrogens (tertiary/aromatic N) is 3. The maximum atomic E-state index is 13.9. The predicted octanol–water partition coefficient (Wildman–Crippen LogP) is 5.63. The molecule has 4 rings (SSSR count). The summed E-state index contributed by atoms with van der Waals surface area (Å²) >= 11 is 0. The molecule has 36 heavy (non-hydrogen) atoms. The Kier molecular flexibility index (Phi) is 7.96. The lowest BCUT2D eigenvalue weighted by Crippen LogP contribution is -2.39. The molecule has 0 aliphatic carbocycles. The van der Waals surface area contributed by atoms with Crippen molar-refractivity contribution < 1.29 is 9.53 Å². The van der Waals surface area contributed by atoms with Crippen molar-refractivity contribution in [3.05, 3.63) is 106 Å². The molecular formula is C30H33N3O3. The molecule has 186 valence electrons. The summed E-state index contributed by atoms with van der Waals surface area (Å²) in [6, 6.07) is 22.4. The Hall–Kier alpha value is -3.77. The van der Waals surface area contributed by atoms with Crippen LogP contribution in [0.25, 0.3) is 16.6 Å². The van der Waals surface area contributed by atoms with Crippen LogP contribution in [0.5, 0.6) is 0 Å². The Balaban J connectivity index is 1.93. The Morgan fingerprint density at radius 2 is 1.69 bits per heavy atom. The Morgan fingerprint density at radius 1 is 1.00 bits per heavy atom. The summed E-state index contributed by atoms with van der Waals surface area (Å²) in [4.78, 5) is 34.6. The van der Waals surface area contributed by atoms with Crippen molar-refractivity contribution in [2.24, 2.45) is 0 Å². The number of rotatable bonds is 9. The minimum atomic E-state index is -0.410. The Morgan fingerprint density at radius 3 is 2.39 bits per heavy atom. The van der Waals surface area contributed by atoms with Gasteiger partial charge in [-0.25, -0.2) is 4.98 Å². The van der Waals surface area contributed by atoms with Gasteiger partial charge in [0.2, 0.25) is 0 Å². The van der Waals surface area contributed by atoms with Gasteiger partial charge in [0.25, 0.3) is 11.5 Å². The van der Waals surface area contributed by atoms with E-state index in [0.717, 1.165) is 16.8 Å². The number of aryl methyl sites for hydroxylation is 2. The zero-order valence-corrected chi connectivity index (χ0v) is 21.4. The summed E-state index contributed by atoms with van der Waals surface area (Å²) in [5, 5.41) is 0.549. The quantitative estimate of drug-likeness (QED) is 0.289. The molecule has 1 heterocycles. The molecule has 1 unspecified atom stereocenters. The van der Waals surface area contributed by atoms with Gasteiger partial charge >= 0.3 is 0 Å². The van der Waals surface area contributed by atoms with Crippen molar-refractivity contribution in [1.82, 2.24) is 14.5 Å². The molecule has 4 aromatic rings. The monoisotopic (exact) mass is 483 g/mol. The number of fused-ring (bicyclic) bond motifs is 1. The van der Waals surface area contributed by atoms with Gasteiger partial charge in [-0.2, -0.15) is 0 Å². The number of amides is 1. The minimum absolute atomic E-state index is 0.0751. The molecule has 1 aromatic heterocycles. The number of aromatic nitrogens is 2. The molecule has 6 nitrogen and oxygen atoms in total. The largest absolute Gasteiger partial charge is 0.385 e. The van der Waals surface area contributed by atoms with Crippen molar-refractivity contribution in [2.75, 3.05) is 20.3 Å². The standard InChI is InChI=1S/C30H33N3O3/c1-5-27(32(19-10-20-36-4)29(34)24-12-7-6-11-22(24)3)28-31-26-14-9-8-13-25(26)30(35)33(28)23-17-15-21(2)16-18-23/h6-9,11-18,27H,5,10,19-20H2,1-4H3. The number of methoxy groups -OCH3 is 1. The molecule has 0 aliphatic rings. The molecule has 0 radical (unpaired) electrons. The van der Waals surface area contributed by atoms with Crippen LogP contribution in [0.15, 0.2) is 77.6 Å². The number of carbonyl (C=O) groups is 1. The molecule has 0 fully saturated rings. The molecule has 1 amide bonds. The highest BCUT2D eigenvalue weighted by molar-refractivity contribution is 5.96. The third-order valence-electron chi connectivity index (χ3n) is 6.54. The molecule has 0 aliphatic heterocycles. The summed E-state index contributed by atoms with van der Waals surface area (Å²) in [5.41, 5.74) is 3.88. The van der Waals surface area contributed by atoms with Crippen LogP contribution >= 0.6 is 0 Å². The van der Waals surface area contributed by atoms with Gasteiger partial charge in [0.05, 0.1) is 22.6 Å². The van der Waals surface area contributed by atoms with E-state index in [-0.39, 0.29) is 11.5 Å². The lowest BCUT2D eigenvalue weighted by atomic mass is 10.0. The lowest BCUT2D eigenvalue weighted by Gasteiger charge is -2.33. The maximum absolute atomic E-state index is 13.9. The van der Waals surface area contributed by atoms with E-state index in [1.54, 1.807) is 17.7 Å². The zero-order chi connectivity index (χ0) is 25.7. The lowest BCUT2D eigenvalue weighted by molar-refractivity contribution is 0.0633. The van der Waals surface area contributed by atoms with E-state index >= 15 is 0 Å². The van der Waals surface area contributed by atoms with Gasteiger partial charge in [0, 0.05) is 25.8 Å². The van der Waals surface area contributed by atoms with Gasteiger partial charge in [-0.3, -0.25) is 14.2 Å². The second kappa shape index (κ2) is 11.3. The highest BCUT2D eigenvalue weighted by Crippen LogP contribution is 2.28. The maximum Gasteiger partial charge on any atom is 0.266 e. The molecule has 0 saturated heterocycles. The highest BCUT2D eigenvalue weighted by Gasteiger charge is 2.30. The molecule has 0 saturated carbocycles. The fraction of sp³-hybridized carbons (Fsp3) is 0.300. The summed E-state index contributed by atoms with van der Waals surface area (Å²) in [7, 11) is 1.66. The first-order valence-corrected chi connectivity index (χ1v) is 12.4. The average Bonchev–Trinajstić information content (AvgIpc) is 2.89. The van der Waals surface area contributed by atoms with E-state index in [0.29, 0.717) is 48.3 Å². The molecular weight excluding hydrogens is 450 g/mol. The number of para-hydroxylation sites is 1. The van der Waals surface area contributed by atoms with E-state index in [9.17, 15) is 9.59 Å². The van der Waals surface area contributed by atoms with Crippen LogP contribution in [0.3, 0.4) is 0 Å². The first kappa shape index (κ1) is 25.3. The summed E-state index contributed by atoms with van der Waals surface area (Å²) < 4.78 is 6.96. The van der Waals surface area contributed by atoms with Crippen LogP contribution in [0.4, 0.5) is 0 Å². The van der Waals surface area contributed by atoms with Crippen LogP contribution in [0.1, 0.15) is 53.1 Å². The van der Waals surface area contributed by atoms with Crippen molar-refractivity contribution >= 4 is 16.8 Å². The van der Waals surface area contributed by atoms with E-state index in [2.05, 4.69) is 0 Å². The predicted molar refractivity (Wildman–Crippen MR) is 144 cm³/mol. The van der Waals surface area contributed by atoms with Crippen LogP contribution in [-0.2, 0) is 4.74 Å². The van der Waals surface area contributed by atoms with E-state index in [4.69, 9.17) is 9.72 Å². The van der Waals surface area contributed by atoms with Gasteiger partial charge in [0.1, 0.15) is 5.82 Å². The smallest absolute Gasteiger partial charge is 0.266 e. The van der Waals surface area contributed by atoms with Crippen molar-refractivity contribution in [3.8, 4) is 5.69 Å². The molecule has 0 N–H and O–H groups in total. The molecule has 0 bridgehead atoms. The van der Waals surface area contributed by atoms with E-state index < -0.39 is 6.04 Å². The summed E-state index contributed by atoms with van der Waals surface area (Å²) in [5.74, 6) is 0.485. The van der Waals surface area contributed by atoms with Gasteiger partial charge in [0.15, 0.2) is 0 Å². The topological polar surface area (TPSA) is 64.4 Å². The third-order valence-corrected chi connectivity index (χ3v) is 6.54. The summed E-state index contributed by atoms with van der Waals surface area (Å²) in [6.45, 7) is 7.00. The van der Waals surface area contributed by atoms with E-state index in [1.165, 1.54) is 0 Å². The van der Waals surface area contributed by atoms with Crippen LogP contribution in [-0.4, -0.2) is 40.6 Å². The fourth-order valence-electron chi connectivity index (χ4n) is 4.60. The van der Waals surface area contributed by atoms with E-state index in [1.807, 2.05) is 92.4 Å². The van der Waals surface area contributed by atoms with Crippen LogP contribution < -0.4 is 5.56 Å². The third kappa shape index (κ3) is 5.09. The van der Waals surface area contributed by atoms with Gasteiger partial charge in [-0.15, -0.1) is 0 Å². The first-order valence-electron chi connectivity index (χ1n) is 12.4. The first-order chi connectivity index (χ1) is 17.5. The molecule has 3 aromatic carbocycles. The number of ether oxygens (including phenoxy) is 1. The SMILES string of the molecule is CCC(c1nc2ccccc2c(=O)n1-c1ccc(C)cc1)N(CCCOC)C(=O)c1ccccc1C. The number of benzene rings is 3.